The summed E-state index contributed by atoms with van der Waals surface area (Å²) >= 11 is 0. The Bertz CT molecular complexity index is 481. The minimum Gasteiger partial charge on any atom is -0.392 e. The molecule has 0 aliphatic rings. The second-order valence-electron chi connectivity index (χ2n) is 5.07. The summed E-state index contributed by atoms with van der Waals surface area (Å²) < 4.78 is 26.6. The molecule has 0 aliphatic carbocycles. The predicted molar refractivity (Wildman–Crippen MR) is 70.2 cm³/mol. The molecule has 0 spiro atoms. The van der Waals surface area contributed by atoms with Gasteiger partial charge in [-0.25, -0.2) is 4.39 Å². The molecule has 0 bridgehead atoms. The van der Waals surface area contributed by atoms with Crippen molar-refractivity contribution in [1.29, 1.82) is 0 Å². The monoisotopic (exact) mass is 288 g/mol. The van der Waals surface area contributed by atoms with E-state index in [-0.39, 0.29) is 18.7 Å². The Morgan fingerprint density at radius 3 is 2.55 bits per heavy atom. The molecule has 1 atom stereocenters. The third-order valence-electron chi connectivity index (χ3n) is 2.75. The SMILES string of the molecule is CC(C)CC(O)CNCc1cc([N+](=O)[O-])c(F)cc1F. The Kier molecular flexibility index (Phi) is 5.97. The van der Waals surface area contributed by atoms with Crippen LogP contribution in [0.2, 0.25) is 0 Å². The minimum atomic E-state index is -1.20. The maximum Gasteiger partial charge on any atom is 0.305 e. The van der Waals surface area contributed by atoms with Gasteiger partial charge in [0.05, 0.1) is 11.0 Å². The standard InChI is InChI=1S/C13H18F2N2O3/c1-8(2)3-10(18)7-16-6-9-4-13(17(19)20)12(15)5-11(9)14/h4-5,8,10,16,18H,3,6-7H2,1-2H3. The van der Waals surface area contributed by atoms with E-state index in [1.165, 1.54) is 0 Å². The molecule has 1 aromatic rings. The average Bonchev–Trinajstić information content (AvgIpc) is 2.30. The van der Waals surface area contributed by atoms with E-state index in [1.54, 1.807) is 0 Å². The number of nitrogens with one attached hydrogen (secondary N) is 1. The van der Waals surface area contributed by atoms with E-state index in [4.69, 9.17) is 0 Å². The topological polar surface area (TPSA) is 75.4 Å². The van der Waals surface area contributed by atoms with Gasteiger partial charge in [0, 0.05) is 30.8 Å². The number of hydrogen-bond donors (Lipinski definition) is 2. The number of nitrogens with zero attached hydrogens (tertiary/aromatic N) is 1. The van der Waals surface area contributed by atoms with E-state index in [2.05, 4.69) is 5.32 Å². The highest BCUT2D eigenvalue weighted by Crippen LogP contribution is 2.21. The van der Waals surface area contributed by atoms with Gasteiger partial charge in [-0.05, 0) is 12.3 Å². The Balaban J connectivity index is 2.64. The molecule has 0 aliphatic heterocycles. The van der Waals surface area contributed by atoms with E-state index in [0.29, 0.717) is 18.4 Å². The summed E-state index contributed by atoms with van der Waals surface area (Å²) in [6.07, 6.45) is 0.0208. The summed E-state index contributed by atoms with van der Waals surface area (Å²) in [5.74, 6) is -1.72. The fraction of sp³-hybridized carbons (Fsp3) is 0.538. The number of nitro benzene ring substituents is 1. The van der Waals surface area contributed by atoms with Crippen molar-refractivity contribution in [2.24, 2.45) is 5.92 Å². The van der Waals surface area contributed by atoms with Crippen LogP contribution >= 0.6 is 0 Å². The first-order valence-electron chi connectivity index (χ1n) is 6.32. The molecule has 1 unspecified atom stereocenters. The Hall–Kier alpha value is -1.60. The molecule has 0 saturated carbocycles. The number of hydrogen-bond acceptors (Lipinski definition) is 4. The molecule has 0 aromatic heterocycles. The van der Waals surface area contributed by atoms with Gasteiger partial charge in [-0.15, -0.1) is 0 Å². The summed E-state index contributed by atoms with van der Waals surface area (Å²) in [6, 6.07) is 1.37. The van der Waals surface area contributed by atoms with E-state index >= 15 is 0 Å². The first kappa shape index (κ1) is 16.5. The fourth-order valence-electron chi connectivity index (χ4n) is 1.86. The van der Waals surface area contributed by atoms with E-state index < -0.39 is 28.3 Å². The lowest BCUT2D eigenvalue weighted by molar-refractivity contribution is -0.387. The number of halogens is 2. The average molecular weight is 288 g/mol. The number of aliphatic hydroxyl groups excluding tert-OH is 1. The third kappa shape index (κ3) is 4.82. The molecule has 0 heterocycles. The molecule has 0 saturated heterocycles. The predicted octanol–water partition coefficient (Wildman–Crippen LogP) is 2.37. The molecule has 1 rings (SSSR count). The molecule has 5 nitrogen and oxygen atoms in total. The molecular formula is C13H18F2N2O3. The van der Waals surface area contributed by atoms with Crippen LogP contribution in [0.5, 0.6) is 0 Å². The summed E-state index contributed by atoms with van der Waals surface area (Å²) in [5, 5.41) is 23.0. The normalized spacial score (nSPS) is 12.7. The Morgan fingerprint density at radius 2 is 2.00 bits per heavy atom. The quantitative estimate of drug-likeness (QED) is 0.596. The van der Waals surface area contributed by atoms with Crippen LogP contribution in [0.1, 0.15) is 25.8 Å². The summed E-state index contributed by atoms with van der Waals surface area (Å²) in [6.45, 7) is 4.16. The second kappa shape index (κ2) is 7.25. The van der Waals surface area contributed by atoms with Crippen molar-refractivity contribution in [3.05, 3.63) is 39.4 Å². The van der Waals surface area contributed by atoms with Crippen molar-refractivity contribution in [3.8, 4) is 0 Å². The Labute approximate surface area is 115 Å². The molecule has 20 heavy (non-hydrogen) atoms. The smallest absolute Gasteiger partial charge is 0.305 e. The molecule has 1 aromatic carbocycles. The van der Waals surface area contributed by atoms with Crippen LogP contribution in [0.15, 0.2) is 12.1 Å². The van der Waals surface area contributed by atoms with Crippen molar-refractivity contribution in [2.75, 3.05) is 6.54 Å². The van der Waals surface area contributed by atoms with Crippen molar-refractivity contribution in [3.63, 3.8) is 0 Å². The number of aliphatic hydroxyl groups is 1. The zero-order valence-electron chi connectivity index (χ0n) is 11.4. The van der Waals surface area contributed by atoms with Gasteiger partial charge in [0.2, 0.25) is 5.82 Å². The molecule has 7 heteroatoms. The first-order valence-corrected chi connectivity index (χ1v) is 6.32. The zero-order valence-corrected chi connectivity index (χ0v) is 11.4. The first-order chi connectivity index (χ1) is 9.31. The summed E-state index contributed by atoms with van der Waals surface area (Å²) in [5.41, 5.74) is -0.763. The van der Waals surface area contributed by atoms with E-state index in [1.807, 2.05) is 13.8 Å². The van der Waals surface area contributed by atoms with E-state index in [9.17, 15) is 24.0 Å². The van der Waals surface area contributed by atoms with Crippen molar-refractivity contribution in [2.45, 2.75) is 32.9 Å². The van der Waals surface area contributed by atoms with Gasteiger partial charge in [-0.2, -0.15) is 4.39 Å². The largest absolute Gasteiger partial charge is 0.392 e. The third-order valence-corrected chi connectivity index (χ3v) is 2.75. The fourth-order valence-corrected chi connectivity index (χ4v) is 1.86. The molecule has 112 valence electrons. The van der Waals surface area contributed by atoms with Crippen LogP contribution in [0.25, 0.3) is 0 Å². The van der Waals surface area contributed by atoms with Crippen molar-refractivity contribution < 1.29 is 18.8 Å². The molecule has 0 fully saturated rings. The highest BCUT2D eigenvalue weighted by molar-refractivity contribution is 5.37. The van der Waals surface area contributed by atoms with Gasteiger partial charge in [-0.3, -0.25) is 10.1 Å². The molecule has 0 radical (unpaired) electrons. The van der Waals surface area contributed by atoms with Gasteiger partial charge in [0.15, 0.2) is 0 Å². The highest BCUT2D eigenvalue weighted by Gasteiger charge is 2.18. The number of benzene rings is 1. The second-order valence-corrected chi connectivity index (χ2v) is 5.07. The molecule has 0 amide bonds. The van der Waals surface area contributed by atoms with Crippen LogP contribution in [0, 0.1) is 27.7 Å². The lowest BCUT2D eigenvalue weighted by atomic mass is 10.1. The zero-order chi connectivity index (χ0) is 15.3. The minimum absolute atomic E-state index is 0.00477. The van der Waals surface area contributed by atoms with E-state index in [0.717, 1.165) is 6.07 Å². The van der Waals surface area contributed by atoms with Crippen molar-refractivity contribution in [1.82, 2.24) is 5.32 Å². The van der Waals surface area contributed by atoms with Crippen LogP contribution in [0.4, 0.5) is 14.5 Å². The molecule has 2 N–H and O–H groups in total. The van der Waals surface area contributed by atoms with Crippen molar-refractivity contribution >= 4 is 5.69 Å². The summed E-state index contributed by atoms with van der Waals surface area (Å²) in [4.78, 5) is 9.67. The number of nitro groups is 1. The highest BCUT2D eigenvalue weighted by atomic mass is 19.1. The molecular weight excluding hydrogens is 270 g/mol. The van der Waals surface area contributed by atoms with Crippen LogP contribution < -0.4 is 5.32 Å². The lowest BCUT2D eigenvalue weighted by Crippen LogP contribution is -2.27. The van der Waals surface area contributed by atoms with Gasteiger partial charge in [-0.1, -0.05) is 13.8 Å². The van der Waals surface area contributed by atoms with Gasteiger partial charge in [0.25, 0.3) is 0 Å². The maximum atomic E-state index is 13.5. The van der Waals surface area contributed by atoms with Crippen LogP contribution in [-0.2, 0) is 6.54 Å². The Morgan fingerprint density at radius 1 is 1.35 bits per heavy atom. The number of rotatable bonds is 7. The lowest BCUT2D eigenvalue weighted by Gasteiger charge is -2.14. The maximum absolute atomic E-state index is 13.5. The van der Waals surface area contributed by atoms with Gasteiger partial charge in [0.1, 0.15) is 5.82 Å². The van der Waals surface area contributed by atoms with Gasteiger partial charge >= 0.3 is 5.69 Å². The summed E-state index contributed by atoms with van der Waals surface area (Å²) in [7, 11) is 0. The van der Waals surface area contributed by atoms with Crippen LogP contribution in [-0.4, -0.2) is 22.7 Å². The van der Waals surface area contributed by atoms with Gasteiger partial charge < -0.3 is 10.4 Å². The van der Waals surface area contributed by atoms with Crippen LogP contribution in [0.3, 0.4) is 0 Å².